The number of aryl methyl sites for hydroxylation is 1. The molecular formula is C7H4BrF3. The smallest absolute Gasteiger partial charge is 0.195 e. The summed E-state index contributed by atoms with van der Waals surface area (Å²) < 4.78 is 37.5. The molecule has 1 aromatic rings. The van der Waals surface area contributed by atoms with Crippen molar-refractivity contribution in [2.24, 2.45) is 0 Å². The lowest BCUT2D eigenvalue weighted by Gasteiger charge is -2.00. The molecule has 0 aliphatic heterocycles. The van der Waals surface area contributed by atoms with Crippen LogP contribution < -0.4 is 0 Å². The Hall–Kier alpha value is -0.510. The molecule has 0 bridgehead atoms. The highest BCUT2D eigenvalue weighted by Gasteiger charge is 2.14. The van der Waals surface area contributed by atoms with Gasteiger partial charge >= 0.3 is 0 Å². The van der Waals surface area contributed by atoms with Crippen molar-refractivity contribution in [2.45, 2.75) is 6.92 Å². The molecule has 0 aromatic heterocycles. The van der Waals surface area contributed by atoms with Gasteiger partial charge in [0, 0.05) is 0 Å². The molecule has 1 aromatic carbocycles. The predicted molar refractivity (Wildman–Crippen MR) is 38.8 cm³/mol. The van der Waals surface area contributed by atoms with Crippen LogP contribution >= 0.6 is 15.9 Å². The van der Waals surface area contributed by atoms with Crippen LogP contribution in [0.1, 0.15) is 5.56 Å². The van der Waals surface area contributed by atoms with Crippen molar-refractivity contribution >= 4 is 15.9 Å². The molecule has 0 radical (unpaired) electrons. The second-order valence-electron chi connectivity index (χ2n) is 2.12. The van der Waals surface area contributed by atoms with Gasteiger partial charge in [0.15, 0.2) is 17.5 Å². The van der Waals surface area contributed by atoms with Crippen LogP contribution in [0.15, 0.2) is 10.5 Å². The standard InChI is InChI=1S/C7H4BrF3/c1-3-2-4(8)6(10)7(11)5(3)9/h2H,1H3. The molecule has 0 saturated heterocycles. The Morgan fingerprint density at radius 3 is 2.18 bits per heavy atom. The highest BCUT2D eigenvalue weighted by molar-refractivity contribution is 9.10. The van der Waals surface area contributed by atoms with E-state index >= 15 is 0 Å². The summed E-state index contributed by atoms with van der Waals surface area (Å²) >= 11 is 2.75. The predicted octanol–water partition coefficient (Wildman–Crippen LogP) is 3.17. The third kappa shape index (κ3) is 1.40. The Labute approximate surface area is 70.2 Å². The molecule has 0 spiro atoms. The topological polar surface area (TPSA) is 0 Å². The average molecular weight is 225 g/mol. The summed E-state index contributed by atoms with van der Waals surface area (Å²) in [7, 11) is 0. The monoisotopic (exact) mass is 224 g/mol. The van der Waals surface area contributed by atoms with Crippen LogP contribution in [0.25, 0.3) is 0 Å². The highest BCUT2D eigenvalue weighted by atomic mass is 79.9. The van der Waals surface area contributed by atoms with E-state index in [9.17, 15) is 13.2 Å². The molecule has 0 aliphatic carbocycles. The van der Waals surface area contributed by atoms with E-state index in [0.717, 1.165) is 0 Å². The Kier molecular flexibility index (Phi) is 2.23. The fourth-order valence-electron chi connectivity index (χ4n) is 0.691. The largest absolute Gasteiger partial charge is 0.203 e. The van der Waals surface area contributed by atoms with E-state index in [4.69, 9.17) is 0 Å². The number of benzene rings is 1. The van der Waals surface area contributed by atoms with Crippen molar-refractivity contribution in [3.05, 3.63) is 33.6 Å². The molecule has 0 aliphatic rings. The molecule has 0 fully saturated rings. The average Bonchev–Trinajstić information content (AvgIpc) is 1.97. The maximum atomic E-state index is 12.5. The molecule has 0 unspecified atom stereocenters. The summed E-state index contributed by atoms with van der Waals surface area (Å²) in [5.41, 5.74) is 0.0794. The number of hydrogen-bond donors (Lipinski definition) is 0. The van der Waals surface area contributed by atoms with Gasteiger partial charge in [0.25, 0.3) is 0 Å². The minimum Gasteiger partial charge on any atom is -0.203 e. The summed E-state index contributed by atoms with van der Waals surface area (Å²) in [6.45, 7) is 1.36. The zero-order valence-electron chi connectivity index (χ0n) is 5.59. The first kappa shape index (κ1) is 8.59. The molecule has 1 rings (SSSR count). The van der Waals surface area contributed by atoms with Crippen LogP contribution in [0.3, 0.4) is 0 Å². The Balaban J connectivity index is 3.46. The van der Waals surface area contributed by atoms with Gasteiger partial charge in [-0.25, -0.2) is 13.2 Å². The molecule has 0 heterocycles. The van der Waals surface area contributed by atoms with Crippen LogP contribution in [-0.2, 0) is 0 Å². The van der Waals surface area contributed by atoms with E-state index in [1.165, 1.54) is 13.0 Å². The van der Waals surface area contributed by atoms with E-state index in [2.05, 4.69) is 15.9 Å². The van der Waals surface area contributed by atoms with Crippen LogP contribution in [0.4, 0.5) is 13.2 Å². The minimum absolute atomic E-state index is 0.0612. The van der Waals surface area contributed by atoms with Crippen molar-refractivity contribution in [2.75, 3.05) is 0 Å². The molecule has 0 nitrogen and oxygen atoms in total. The van der Waals surface area contributed by atoms with E-state index in [1.54, 1.807) is 0 Å². The molecule has 0 saturated carbocycles. The van der Waals surface area contributed by atoms with Gasteiger partial charge in [-0.3, -0.25) is 0 Å². The Bertz CT molecular complexity index is 270. The van der Waals surface area contributed by atoms with Crippen molar-refractivity contribution in [1.82, 2.24) is 0 Å². The second kappa shape index (κ2) is 2.85. The van der Waals surface area contributed by atoms with Crippen LogP contribution in [0, 0.1) is 24.4 Å². The quantitative estimate of drug-likeness (QED) is 0.469. The second-order valence-corrected chi connectivity index (χ2v) is 2.97. The van der Waals surface area contributed by atoms with Gasteiger partial charge in [-0.2, -0.15) is 0 Å². The lowest BCUT2D eigenvalue weighted by molar-refractivity contribution is 0.440. The van der Waals surface area contributed by atoms with Gasteiger partial charge in [0.1, 0.15) is 0 Å². The van der Waals surface area contributed by atoms with Crippen molar-refractivity contribution in [1.29, 1.82) is 0 Å². The number of hydrogen-bond acceptors (Lipinski definition) is 0. The van der Waals surface area contributed by atoms with Gasteiger partial charge < -0.3 is 0 Å². The Morgan fingerprint density at radius 2 is 1.64 bits per heavy atom. The van der Waals surface area contributed by atoms with E-state index < -0.39 is 17.5 Å². The first-order valence-corrected chi connectivity index (χ1v) is 3.63. The maximum absolute atomic E-state index is 12.5. The number of halogens is 4. The van der Waals surface area contributed by atoms with Gasteiger partial charge in [0.2, 0.25) is 0 Å². The molecule has 0 atom stereocenters. The first-order chi connectivity index (χ1) is 5.04. The van der Waals surface area contributed by atoms with Crippen molar-refractivity contribution < 1.29 is 13.2 Å². The van der Waals surface area contributed by atoms with Gasteiger partial charge in [-0.15, -0.1) is 0 Å². The summed E-state index contributed by atoms with van der Waals surface area (Å²) in [6, 6.07) is 1.19. The maximum Gasteiger partial charge on any atom is 0.195 e. The normalized spacial score (nSPS) is 10.3. The summed E-state index contributed by atoms with van der Waals surface area (Å²) in [5, 5.41) is 0. The fourth-order valence-corrected chi connectivity index (χ4v) is 1.21. The minimum atomic E-state index is -1.43. The summed E-state index contributed by atoms with van der Waals surface area (Å²) in [5.74, 6) is -3.75. The Morgan fingerprint density at radius 1 is 1.09 bits per heavy atom. The lowest BCUT2D eigenvalue weighted by Crippen LogP contribution is -1.94. The molecule has 0 amide bonds. The van der Waals surface area contributed by atoms with Gasteiger partial charge in [-0.05, 0) is 34.5 Å². The van der Waals surface area contributed by atoms with Gasteiger partial charge in [-0.1, -0.05) is 0 Å². The van der Waals surface area contributed by atoms with E-state index in [0.29, 0.717) is 0 Å². The third-order valence-corrected chi connectivity index (χ3v) is 1.86. The molecule has 60 valence electrons. The summed E-state index contributed by atoms with van der Waals surface area (Å²) in [4.78, 5) is 0. The van der Waals surface area contributed by atoms with Crippen molar-refractivity contribution in [3.8, 4) is 0 Å². The lowest BCUT2D eigenvalue weighted by atomic mass is 10.2. The zero-order valence-corrected chi connectivity index (χ0v) is 7.18. The van der Waals surface area contributed by atoms with Gasteiger partial charge in [0.05, 0.1) is 4.47 Å². The molecule has 11 heavy (non-hydrogen) atoms. The van der Waals surface area contributed by atoms with E-state index in [-0.39, 0.29) is 10.0 Å². The van der Waals surface area contributed by atoms with Crippen LogP contribution in [0.5, 0.6) is 0 Å². The number of rotatable bonds is 0. The third-order valence-electron chi connectivity index (χ3n) is 1.28. The molecule has 0 N–H and O–H groups in total. The van der Waals surface area contributed by atoms with Crippen molar-refractivity contribution in [3.63, 3.8) is 0 Å². The molecular weight excluding hydrogens is 221 g/mol. The van der Waals surface area contributed by atoms with E-state index in [1.807, 2.05) is 0 Å². The SMILES string of the molecule is Cc1cc(Br)c(F)c(F)c1F. The summed E-state index contributed by atoms with van der Waals surface area (Å²) in [6.07, 6.45) is 0. The van der Waals surface area contributed by atoms with Crippen LogP contribution in [0.2, 0.25) is 0 Å². The molecule has 4 heteroatoms. The highest BCUT2D eigenvalue weighted by Crippen LogP contribution is 2.22. The zero-order chi connectivity index (χ0) is 8.59. The first-order valence-electron chi connectivity index (χ1n) is 2.83. The van der Waals surface area contributed by atoms with Crippen LogP contribution in [-0.4, -0.2) is 0 Å². The fraction of sp³-hybridized carbons (Fsp3) is 0.143.